The lowest BCUT2D eigenvalue weighted by Gasteiger charge is -2.07. The van der Waals surface area contributed by atoms with Crippen molar-refractivity contribution in [3.63, 3.8) is 0 Å². The van der Waals surface area contributed by atoms with E-state index in [0.717, 1.165) is 11.8 Å². The highest BCUT2D eigenvalue weighted by atomic mass is 32.2. The fraction of sp³-hybridized carbons (Fsp3) is 0.222. The molecule has 4 nitrogen and oxygen atoms in total. The van der Waals surface area contributed by atoms with Gasteiger partial charge in [0, 0.05) is 0 Å². The van der Waals surface area contributed by atoms with Gasteiger partial charge in [0.15, 0.2) is 0 Å². The average molecular weight is 214 g/mol. The number of aromatic hydroxyl groups is 2. The molecule has 0 saturated heterocycles. The van der Waals surface area contributed by atoms with Crippen LogP contribution in [0.4, 0.5) is 0 Å². The van der Waals surface area contributed by atoms with Crippen molar-refractivity contribution in [2.75, 3.05) is 0 Å². The average Bonchev–Trinajstić information content (AvgIpc) is 2.11. The van der Waals surface area contributed by atoms with E-state index in [0.29, 0.717) is 4.90 Å². The maximum atomic E-state index is 10.5. The van der Waals surface area contributed by atoms with Crippen molar-refractivity contribution in [2.24, 2.45) is 0 Å². The van der Waals surface area contributed by atoms with E-state index >= 15 is 0 Å². The topological polar surface area (TPSA) is 77.8 Å². The highest BCUT2D eigenvalue weighted by Crippen LogP contribution is 2.33. The number of rotatable bonds is 3. The smallest absolute Gasteiger partial charge is 0.316 e. The Hall–Kier alpha value is -1.36. The maximum Gasteiger partial charge on any atom is 0.316 e. The Morgan fingerprint density at radius 1 is 1.43 bits per heavy atom. The van der Waals surface area contributed by atoms with Gasteiger partial charge in [-0.2, -0.15) is 0 Å². The summed E-state index contributed by atoms with van der Waals surface area (Å²) in [5.74, 6) is -0.985. The summed E-state index contributed by atoms with van der Waals surface area (Å²) >= 11 is 0.983. The molecule has 14 heavy (non-hydrogen) atoms. The van der Waals surface area contributed by atoms with Crippen LogP contribution in [0.1, 0.15) is 6.92 Å². The van der Waals surface area contributed by atoms with Gasteiger partial charge in [0.1, 0.15) is 16.7 Å². The molecule has 0 aliphatic rings. The number of carboxylic acids is 1. The minimum atomic E-state index is -0.960. The van der Waals surface area contributed by atoms with Gasteiger partial charge in [-0.15, -0.1) is 11.8 Å². The van der Waals surface area contributed by atoms with Gasteiger partial charge in [-0.25, -0.2) is 0 Å². The minimum Gasteiger partial charge on any atom is -0.508 e. The molecule has 5 heteroatoms. The predicted molar refractivity (Wildman–Crippen MR) is 52.7 cm³/mol. The van der Waals surface area contributed by atoms with Crippen molar-refractivity contribution in [3.05, 3.63) is 18.2 Å². The minimum absolute atomic E-state index is 0.00267. The zero-order valence-corrected chi connectivity index (χ0v) is 8.28. The Bertz CT molecular complexity index is 351. The first-order valence-electron chi connectivity index (χ1n) is 3.92. The van der Waals surface area contributed by atoms with Crippen molar-refractivity contribution in [2.45, 2.75) is 17.1 Å². The summed E-state index contributed by atoms with van der Waals surface area (Å²) in [5, 5.41) is 26.4. The third kappa shape index (κ3) is 2.56. The molecule has 76 valence electrons. The molecule has 1 aromatic carbocycles. The van der Waals surface area contributed by atoms with Crippen LogP contribution in [0.5, 0.6) is 11.5 Å². The second-order valence-electron chi connectivity index (χ2n) is 2.75. The van der Waals surface area contributed by atoms with E-state index < -0.39 is 11.2 Å². The van der Waals surface area contributed by atoms with Crippen LogP contribution in [-0.4, -0.2) is 26.5 Å². The van der Waals surface area contributed by atoms with Crippen LogP contribution in [-0.2, 0) is 4.79 Å². The zero-order chi connectivity index (χ0) is 10.7. The Labute approximate surface area is 85.2 Å². The second-order valence-corrected chi connectivity index (χ2v) is 4.13. The quantitative estimate of drug-likeness (QED) is 0.527. The molecule has 0 spiro atoms. The Kier molecular flexibility index (Phi) is 3.24. The first-order valence-corrected chi connectivity index (χ1v) is 4.80. The lowest BCUT2D eigenvalue weighted by atomic mass is 10.3. The number of hydrogen-bond donors (Lipinski definition) is 3. The van der Waals surface area contributed by atoms with E-state index in [2.05, 4.69) is 0 Å². The van der Waals surface area contributed by atoms with E-state index in [1.807, 2.05) is 0 Å². The number of carboxylic acid groups (broad SMARTS) is 1. The second kappa shape index (κ2) is 4.23. The summed E-state index contributed by atoms with van der Waals surface area (Å²) in [4.78, 5) is 10.9. The van der Waals surface area contributed by atoms with Gasteiger partial charge in [-0.05, 0) is 25.1 Å². The largest absolute Gasteiger partial charge is 0.508 e. The molecule has 1 rings (SSSR count). The number of carbonyl (C=O) groups is 1. The molecule has 1 aromatic rings. The predicted octanol–water partition coefficient (Wildman–Crippen LogP) is 1.66. The van der Waals surface area contributed by atoms with Crippen molar-refractivity contribution in [1.82, 2.24) is 0 Å². The van der Waals surface area contributed by atoms with E-state index in [1.165, 1.54) is 25.1 Å². The van der Waals surface area contributed by atoms with Crippen molar-refractivity contribution >= 4 is 17.7 Å². The van der Waals surface area contributed by atoms with Crippen LogP contribution in [0.2, 0.25) is 0 Å². The van der Waals surface area contributed by atoms with E-state index in [4.69, 9.17) is 10.2 Å². The number of thioether (sulfide) groups is 1. The monoisotopic (exact) mass is 214 g/mol. The molecule has 1 atom stereocenters. The van der Waals surface area contributed by atoms with Crippen LogP contribution in [0.25, 0.3) is 0 Å². The molecule has 0 amide bonds. The van der Waals surface area contributed by atoms with Gasteiger partial charge in [-0.3, -0.25) is 4.79 Å². The summed E-state index contributed by atoms with van der Waals surface area (Å²) in [6, 6.07) is 4.00. The molecular formula is C9H10O4S. The molecule has 0 fully saturated rings. The van der Waals surface area contributed by atoms with Crippen molar-refractivity contribution in [1.29, 1.82) is 0 Å². The summed E-state index contributed by atoms with van der Waals surface area (Å²) < 4.78 is 0. The Morgan fingerprint density at radius 3 is 2.64 bits per heavy atom. The molecule has 0 heterocycles. The Balaban J connectivity index is 2.85. The molecule has 0 bridgehead atoms. The number of phenolic OH excluding ortho intramolecular Hbond substituents is 2. The normalized spacial score (nSPS) is 12.4. The van der Waals surface area contributed by atoms with E-state index in [1.54, 1.807) is 0 Å². The van der Waals surface area contributed by atoms with Gasteiger partial charge in [0.2, 0.25) is 0 Å². The van der Waals surface area contributed by atoms with Crippen LogP contribution in [0, 0.1) is 0 Å². The molecule has 0 aliphatic heterocycles. The number of hydrogen-bond acceptors (Lipinski definition) is 4. The fourth-order valence-electron chi connectivity index (χ4n) is 0.838. The first-order chi connectivity index (χ1) is 6.50. The molecular weight excluding hydrogens is 204 g/mol. The van der Waals surface area contributed by atoms with Crippen LogP contribution in [0.15, 0.2) is 23.1 Å². The lowest BCUT2D eigenvalue weighted by Crippen LogP contribution is -2.10. The van der Waals surface area contributed by atoms with Gasteiger partial charge in [0.25, 0.3) is 0 Å². The molecule has 0 radical (unpaired) electrons. The van der Waals surface area contributed by atoms with E-state index in [-0.39, 0.29) is 11.5 Å². The molecule has 3 N–H and O–H groups in total. The van der Waals surface area contributed by atoms with Crippen LogP contribution < -0.4 is 0 Å². The Morgan fingerprint density at radius 2 is 2.07 bits per heavy atom. The molecule has 0 saturated carbocycles. The summed E-state index contributed by atoms with van der Waals surface area (Å²) in [7, 11) is 0. The summed E-state index contributed by atoms with van der Waals surface area (Å²) in [6.45, 7) is 1.51. The van der Waals surface area contributed by atoms with E-state index in [9.17, 15) is 9.90 Å². The number of benzene rings is 1. The van der Waals surface area contributed by atoms with Gasteiger partial charge in [-0.1, -0.05) is 0 Å². The van der Waals surface area contributed by atoms with Crippen molar-refractivity contribution < 1.29 is 20.1 Å². The first kappa shape index (κ1) is 10.7. The van der Waals surface area contributed by atoms with Gasteiger partial charge in [0.05, 0.1) is 4.90 Å². The highest BCUT2D eigenvalue weighted by molar-refractivity contribution is 8.00. The fourth-order valence-corrected chi connectivity index (χ4v) is 1.70. The summed E-state index contributed by atoms with van der Waals surface area (Å²) in [5.41, 5.74) is 0. The third-order valence-corrected chi connectivity index (χ3v) is 2.73. The lowest BCUT2D eigenvalue weighted by molar-refractivity contribution is -0.136. The number of phenols is 2. The van der Waals surface area contributed by atoms with Gasteiger partial charge < -0.3 is 15.3 Å². The molecule has 0 aliphatic carbocycles. The molecule has 0 aromatic heterocycles. The zero-order valence-electron chi connectivity index (χ0n) is 7.47. The summed E-state index contributed by atoms with van der Waals surface area (Å²) in [6.07, 6.45) is 0. The van der Waals surface area contributed by atoms with Crippen molar-refractivity contribution in [3.8, 4) is 11.5 Å². The standard InChI is InChI=1S/C9H10O4S/c1-5(9(12)13)14-8-4-6(10)2-3-7(8)11/h2-5,10-11H,1H3,(H,12,13). The van der Waals surface area contributed by atoms with Gasteiger partial charge >= 0.3 is 5.97 Å². The number of aliphatic carboxylic acids is 1. The van der Waals surface area contributed by atoms with Crippen LogP contribution in [0.3, 0.4) is 0 Å². The SMILES string of the molecule is CC(Sc1cc(O)ccc1O)C(=O)O. The third-order valence-electron chi connectivity index (χ3n) is 1.59. The molecule has 1 unspecified atom stereocenters. The van der Waals surface area contributed by atoms with Crippen LogP contribution >= 0.6 is 11.8 Å². The highest BCUT2D eigenvalue weighted by Gasteiger charge is 2.14. The maximum absolute atomic E-state index is 10.5.